The first kappa shape index (κ1) is 12.6. The molecule has 0 saturated heterocycles. The quantitative estimate of drug-likeness (QED) is 0.876. The molecule has 1 amide bonds. The number of carbonyl (C=O) groups is 1. The summed E-state index contributed by atoms with van der Waals surface area (Å²) in [7, 11) is 0. The van der Waals surface area contributed by atoms with Crippen molar-refractivity contribution in [3.8, 4) is 0 Å². The minimum absolute atomic E-state index is 0.0796. The molecule has 0 bridgehead atoms. The van der Waals surface area contributed by atoms with E-state index in [1.54, 1.807) is 0 Å². The molecule has 1 aromatic carbocycles. The highest BCUT2D eigenvalue weighted by molar-refractivity contribution is 6.04. The van der Waals surface area contributed by atoms with Crippen LogP contribution in [-0.2, 0) is 11.2 Å². The number of hydrogen-bond acceptors (Lipinski definition) is 4. The van der Waals surface area contributed by atoms with Crippen molar-refractivity contribution in [1.29, 1.82) is 0 Å². The molecule has 0 spiro atoms. The van der Waals surface area contributed by atoms with Crippen molar-refractivity contribution in [1.82, 2.24) is 9.97 Å². The third-order valence-corrected chi connectivity index (χ3v) is 3.40. The third kappa shape index (κ3) is 2.01. The van der Waals surface area contributed by atoms with E-state index in [1.807, 2.05) is 32.1 Å². The van der Waals surface area contributed by atoms with Gasteiger partial charge in [0.05, 0.1) is 10.9 Å². The van der Waals surface area contributed by atoms with Gasteiger partial charge in [-0.25, -0.2) is 4.98 Å². The lowest BCUT2D eigenvalue weighted by Crippen LogP contribution is -2.19. The number of carbonyl (C=O) groups excluding carboxylic acids is 1. The molecule has 1 aliphatic rings. The van der Waals surface area contributed by atoms with Crippen LogP contribution in [0.15, 0.2) is 18.2 Å². The van der Waals surface area contributed by atoms with Gasteiger partial charge in [0.25, 0.3) is 0 Å². The average molecular weight is 268 g/mol. The number of anilines is 2. The maximum atomic E-state index is 11.9. The molecule has 3 N–H and O–H groups in total. The van der Waals surface area contributed by atoms with Crippen molar-refractivity contribution in [2.45, 2.75) is 20.3 Å². The highest BCUT2D eigenvalue weighted by atomic mass is 16.1. The van der Waals surface area contributed by atoms with E-state index in [4.69, 9.17) is 5.73 Å². The van der Waals surface area contributed by atoms with Crippen molar-refractivity contribution in [2.24, 2.45) is 5.92 Å². The molecule has 1 heterocycles. The fraction of sp³-hybridized carbons (Fsp3) is 0.267. The lowest BCUT2D eigenvalue weighted by atomic mass is 10.0. The summed E-state index contributed by atoms with van der Waals surface area (Å²) in [6.07, 6.45) is 5.03. The Bertz CT molecular complexity index is 734. The van der Waals surface area contributed by atoms with Crippen molar-refractivity contribution >= 4 is 34.7 Å². The Kier molecular flexibility index (Phi) is 2.89. The van der Waals surface area contributed by atoms with Crippen LogP contribution in [0.5, 0.6) is 0 Å². The molecule has 0 saturated carbocycles. The number of aromatic nitrogens is 2. The van der Waals surface area contributed by atoms with Gasteiger partial charge in [-0.3, -0.25) is 4.79 Å². The van der Waals surface area contributed by atoms with Gasteiger partial charge in [-0.15, -0.1) is 0 Å². The number of amides is 1. The van der Waals surface area contributed by atoms with E-state index in [0.717, 1.165) is 22.9 Å². The summed E-state index contributed by atoms with van der Waals surface area (Å²) >= 11 is 0. The van der Waals surface area contributed by atoms with Crippen LogP contribution in [0.2, 0.25) is 0 Å². The monoisotopic (exact) mass is 268 g/mol. The predicted octanol–water partition coefficient (Wildman–Crippen LogP) is 2.38. The van der Waals surface area contributed by atoms with Crippen LogP contribution in [0.1, 0.15) is 25.0 Å². The molecule has 3 rings (SSSR count). The minimum Gasteiger partial charge on any atom is -0.368 e. The Morgan fingerprint density at radius 3 is 2.90 bits per heavy atom. The van der Waals surface area contributed by atoms with Crippen LogP contribution in [0.25, 0.3) is 17.0 Å². The molecule has 0 fully saturated rings. The molecule has 2 aromatic rings. The molecule has 0 aliphatic heterocycles. The van der Waals surface area contributed by atoms with Gasteiger partial charge < -0.3 is 11.1 Å². The molecule has 1 aromatic heterocycles. The van der Waals surface area contributed by atoms with E-state index in [0.29, 0.717) is 5.82 Å². The van der Waals surface area contributed by atoms with E-state index in [-0.39, 0.29) is 17.8 Å². The molecule has 5 nitrogen and oxygen atoms in total. The van der Waals surface area contributed by atoms with Gasteiger partial charge in [0, 0.05) is 5.92 Å². The molecule has 0 radical (unpaired) electrons. The zero-order valence-corrected chi connectivity index (χ0v) is 11.5. The predicted molar refractivity (Wildman–Crippen MR) is 80.2 cm³/mol. The standard InChI is InChI=1S/C15H16N4O/c1-8(2)14(20)18-13-12-10-5-3-4-9(10)6-7-11(12)17-15(16)19-13/h3,5-8H,4H2,1-2H3,(H3,16,17,18,19,20). The Balaban J connectivity index is 2.22. The molecule has 20 heavy (non-hydrogen) atoms. The first-order valence-corrected chi connectivity index (χ1v) is 6.63. The van der Waals surface area contributed by atoms with Crippen LogP contribution in [0, 0.1) is 5.92 Å². The number of nitrogens with zero attached hydrogens (tertiary/aromatic N) is 2. The van der Waals surface area contributed by atoms with E-state index in [1.165, 1.54) is 5.56 Å². The number of nitrogens with one attached hydrogen (secondary N) is 1. The first-order valence-electron chi connectivity index (χ1n) is 6.63. The second kappa shape index (κ2) is 4.59. The summed E-state index contributed by atoms with van der Waals surface area (Å²) in [5.41, 5.74) is 8.77. The number of hydrogen-bond donors (Lipinski definition) is 2. The lowest BCUT2D eigenvalue weighted by Gasteiger charge is -2.12. The van der Waals surface area contributed by atoms with Crippen molar-refractivity contribution in [2.75, 3.05) is 11.1 Å². The fourth-order valence-corrected chi connectivity index (χ4v) is 2.34. The smallest absolute Gasteiger partial charge is 0.228 e. The second-order valence-corrected chi connectivity index (χ2v) is 5.21. The largest absolute Gasteiger partial charge is 0.368 e. The molecular formula is C15H16N4O. The van der Waals surface area contributed by atoms with Gasteiger partial charge in [-0.05, 0) is 23.6 Å². The summed E-state index contributed by atoms with van der Waals surface area (Å²) in [5, 5.41) is 3.71. The van der Waals surface area contributed by atoms with Crippen LogP contribution < -0.4 is 11.1 Å². The zero-order chi connectivity index (χ0) is 14.3. The summed E-state index contributed by atoms with van der Waals surface area (Å²) in [6.45, 7) is 3.68. The normalized spacial score (nSPS) is 12.9. The Morgan fingerprint density at radius 2 is 2.15 bits per heavy atom. The Labute approximate surface area is 116 Å². The van der Waals surface area contributed by atoms with Crippen LogP contribution in [0.4, 0.5) is 11.8 Å². The SMILES string of the molecule is CC(C)C(=O)Nc1nc(N)nc2ccc3c(c12)C=CC3. The Morgan fingerprint density at radius 1 is 1.35 bits per heavy atom. The van der Waals surface area contributed by atoms with Gasteiger partial charge in [-0.1, -0.05) is 32.1 Å². The van der Waals surface area contributed by atoms with Crippen molar-refractivity contribution in [3.05, 3.63) is 29.3 Å². The first-order chi connectivity index (χ1) is 9.56. The summed E-state index contributed by atoms with van der Waals surface area (Å²) < 4.78 is 0. The zero-order valence-electron chi connectivity index (χ0n) is 11.5. The van der Waals surface area contributed by atoms with Gasteiger partial charge in [0.2, 0.25) is 11.9 Å². The van der Waals surface area contributed by atoms with Gasteiger partial charge >= 0.3 is 0 Å². The third-order valence-electron chi connectivity index (χ3n) is 3.40. The fourth-order valence-electron chi connectivity index (χ4n) is 2.34. The highest BCUT2D eigenvalue weighted by Gasteiger charge is 2.17. The Hall–Kier alpha value is -2.43. The molecule has 102 valence electrons. The van der Waals surface area contributed by atoms with Gasteiger partial charge in [0.1, 0.15) is 5.82 Å². The van der Waals surface area contributed by atoms with E-state index < -0.39 is 0 Å². The lowest BCUT2D eigenvalue weighted by molar-refractivity contribution is -0.118. The molecule has 5 heteroatoms. The van der Waals surface area contributed by atoms with Crippen LogP contribution >= 0.6 is 0 Å². The van der Waals surface area contributed by atoms with E-state index in [2.05, 4.69) is 21.4 Å². The summed E-state index contributed by atoms with van der Waals surface area (Å²) in [4.78, 5) is 20.4. The number of nitrogens with two attached hydrogens (primary N) is 1. The van der Waals surface area contributed by atoms with E-state index in [9.17, 15) is 4.79 Å². The highest BCUT2D eigenvalue weighted by Crippen LogP contribution is 2.32. The number of benzene rings is 1. The molecule has 0 unspecified atom stereocenters. The minimum atomic E-state index is -0.117. The maximum Gasteiger partial charge on any atom is 0.228 e. The maximum absolute atomic E-state index is 11.9. The molecular weight excluding hydrogens is 252 g/mol. The number of nitrogen functional groups attached to an aromatic ring is 1. The average Bonchev–Trinajstić information content (AvgIpc) is 2.85. The number of allylic oxidation sites excluding steroid dienone is 1. The van der Waals surface area contributed by atoms with E-state index >= 15 is 0 Å². The van der Waals surface area contributed by atoms with Crippen LogP contribution in [0.3, 0.4) is 0 Å². The molecule has 1 aliphatic carbocycles. The van der Waals surface area contributed by atoms with Crippen molar-refractivity contribution < 1.29 is 4.79 Å². The van der Waals surface area contributed by atoms with Gasteiger partial charge in [-0.2, -0.15) is 4.98 Å². The number of rotatable bonds is 2. The van der Waals surface area contributed by atoms with Gasteiger partial charge in [0.15, 0.2) is 0 Å². The molecule has 0 atom stereocenters. The second-order valence-electron chi connectivity index (χ2n) is 5.21. The number of fused-ring (bicyclic) bond motifs is 3. The van der Waals surface area contributed by atoms with Crippen molar-refractivity contribution in [3.63, 3.8) is 0 Å². The summed E-state index contributed by atoms with van der Waals surface area (Å²) in [5.74, 6) is 0.464. The topological polar surface area (TPSA) is 80.9 Å². The summed E-state index contributed by atoms with van der Waals surface area (Å²) in [6, 6.07) is 3.96. The van der Waals surface area contributed by atoms with Crippen LogP contribution in [-0.4, -0.2) is 15.9 Å².